The van der Waals surface area contributed by atoms with E-state index in [1.165, 1.54) is 31.0 Å². The smallest absolute Gasteiger partial charge is 0.240 e. The van der Waals surface area contributed by atoms with E-state index in [-0.39, 0.29) is 29.2 Å². The van der Waals surface area contributed by atoms with E-state index >= 15 is 0 Å². The lowest BCUT2D eigenvalue weighted by atomic mass is 10.2. The van der Waals surface area contributed by atoms with Gasteiger partial charge in [-0.15, -0.1) is 11.8 Å². The number of halogens is 1. The van der Waals surface area contributed by atoms with Crippen molar-refractivity contribution < 1.29 is 17.9 Å². The molecule has 1 amide bonds. The standard InChI is InChI=1S/C19H23BrN2O4S2/c1-13-10-15(20)4-9-18(13)27-12-19(23)21-16-5-7-17(8-6-16)28(24,25)22-14(2)11-26-3/h4-10,14,22H,11-12H2,1-3H3,(H,21,23)/t14-/m1/s1. The highest BCUT2D eigenvalue weighted by molar-refractivity contribution is 9.10. The topological polar surface area (TPSA) is 84.5 Å². The third kappa shape index (κ3) is 6.89. The number of benzene rings is 2. The van der Waals surface area contributed by atoms with Crippen molar-refractivity contribution in [2.75, 3.05) is 24.8 Å². The normalized spacial score (nSPS) is 12.6. The fraction of sp³-hybridized carbons (Fsp3) is 0.316. The van der Waals surface area contributed by atoms with Crippen molar-refractivity contribution >= 4 is 49.3 Å². The second-order valence-electron chi connectivity index (χ2n) is 6.25. The van der Waals surface area contributed by atoms with Crippen LogP contribution in [0.5, 0.6) is 0 Å². The number of ether oxygens (including phenoxy) is 1. The van der Waals surface area contributed by atoms with Gasteiger partial charge >= 0.3 is 0 Å². The highest BCUT2D eigenvalue weighted by atomic mass is 79.9. The van der Waals surface area contributed by atoms with E-state index in [2.05, 4.69) is 26.0 Å². The first-order chi connectivity index (χ1) is 13.2. The minimum Gasteiger partial charge on any atom is -0.383 e. The van der Waals surface area contributed by atoms with Gasteiger partial charge in [-0.25, -0.2) is 13.1 Å². The number of hydrogen-bond acceptors (Lipinski definition) is 5. The molecule has 0 aromatic heterocycles. The molecule has 2 aromatic carbocycles. The molecule has 28 heavy (non-hydrogen) atoms. The maximum absolute atomic E-state index is 12.3. The van der Waals surface area contributed by atoms with Crippen LogP contribution in [0.15, 0.2) is 56.7 Å². The first-order valence-corrected chi connectivity index (χ1v) is 11.8. The number of rotatable bonds is 9. The van der Waals surface area contributed by atoms with Gasteiger partial charge in [-0.05, 0) is 61.9 Å². The number of aryl methyl sites for hydroxylation is 1. The zero-order chi connectivity index (χ0) is 20.7. The highest BCUT2D eigenvalue weighted by Gasteiger charge is 2.17. The Labute approximate surface area is 178 Å². The van der Waals surface area contributed by atoms with Crippen LogP contribution in [-0.4, -0.2) is 39.8 Å². The van der Waals surface area contributed by atoms with Crippen molar-refractivity contribution in [3.8, 4) is 0 Å². The van der Waals surface area contributed by atoms with Crippen molar-refractivity contribution in [2.24, 2.45) is 0 Å². The number of hydrogen-bond donors (Lipinski definition) is 2. The molecule has 0 saturated carbocycles. The monoisotopic (exact) mass is 486 g/mol. The van der Waals surface area contributed by atoms with Crippen LogP contribution in [0, 0.1) is 6.92 Å². The van der Waals surface area contributed by atoms with Crippen LogP contribution in [0.25, 0.3) is 0 Å². The largest absolute Gasteiger partial charge is 0.383 e. The Morgan fingerprint density at radius 3 is 2.50 bits per heavy atom. The van der Waals surface area contributed by atoms with Crippen LogP contribution in [0.3, 0.4) is 0 Å². The van der Waals surface area contributed by atoms with Crippen LogP contribution in [-0.2, 0) is 19.6 Å². The van der Waals surface area contributed by atoms with Crippen LogP contribution in [0.4, 0.5) is 5.69 Å². The van der Waals surface area contributed by atoms with Gasteiger partial charge in [0, 0.05) is 28.2 Å². The molecule has 0 heterocycles. The molecule has 0 fully saturated rings. The van der Waals surface area contributed by atoms with E-state index in [9.17, 15) is 13.2 Å². The molecule has 2 N–H and O–H groups in total. The van der Waals surface area contributed by atoms with Crippen molar-refractivity contribution in [3.63, 3.8) is 0 Å². The summed E-state index contributed by atoms with van der Waals surface area (Å²) in [4.78, 5) is 13.3. The van der Waals surface area contributed by atoms with Crippen molar-refractivity contribution in [1.82, 2.24) is 4.72 Å². The van der Waals surface area contributed by atoms with E-state index in [1.54, 1.807) is 19.1 Å². The van der Waals surface area contributed by atoms with E-state index < -0.39 is 10.0 Å². The number of anilines is 1. The molecule has 9 heteroatoms. The lowest BCUT2D eigenvalue weighted by Crippen LogP contribution is -2.35. The van der Waals surface area contributed by atoms with Crippen LogP contribution in [0.2, 0.25) is 0 Å². The third-order valence-electron chi connectivity index (χ3n) is 3.72. The number of carbonyl (C=O) groups excluding carboxylic acids is 1. The molecule has 0 saturated heterocycles. The summed E-state index contributed by atoms with van der Waals surface area (Å²) in [6, 6.07) is 11.6. The minimum atomic E-state index is -3.63. The molecule has 0 unspecified atom stereocenters. The number of methoxy groups -OCH3 is 1. The molecular weight excluding hydrogens is 464 g/mol. The Bertz CT molecular complexity index is 918. The van der Waals surface area contributed by atoms with E-state index in [0.29, 0.717) is 5.69 Å². The molecule has 0 radical (unpaired) electrons. The molecule has 2 aromatic rings. The minimum absolute atomic E-state index is 0.133. The summed E-state index contributed by atoms with van der Waals surface area (Å²) in [6.07, 6.45) is 0. The number of carbonyl (C=O) groups is 1. The summed E-state index contributed by atoms with van der Waals surface area (Å²) in [5.41, 5.74) is 1.64. The lowest BCUT2D eigenvalue weighted by Gasteiger charge is -2.13. The van der Waals surface area contributed by atoms with Gasteiger partial charge in [0.05, 0.1) is 17.3 Å². The predicted molar refractivity (Wildman–Crippen MR) is 116 cm³/mol. The molecular formula is C19H23BrN2O4S2. The van der Waals surface area contributed by atoms with Gasteiger partial charge < -0.3 is 10.1 Å². The van der Waals surface area contributed by atoms with E-state index in [1.807, 2.05) is 25.1 Å². The van der Waals surface area contributed by atoms with E-state index in [4.69, 9.17) is 4.74 Å². The van der Waals surface area contributed by atoms with Crippen LogP contribution < -0.4 is 10.0 Å². The predicted octanol–water partition coefficient (Wildman–Crippen LogP) is 3.80. The molecule has 1 atom stereocenters. The van der Waals surface area contributed by atoms with Gasteiger partial charge in [-0.3, -0.25) is 4.79 Å². The summed E-state index contributed by atoms with van der Waals surface area (Å²) in [7, 11) is -2.12. The van der Waals surface area contributed by atoms with Gasteiger partial charge in [0.1, 0.15) is 0 Å². The Morgan fingerprint density at radius 2 is 1.89 bits per heavy atom. The SMILES string of the molecule is COC[C@@H](C)NS(=O)(=O)c1ccc(NC(=O)CSc2ccc(Br)cc2C)cc1. The molecule has 0 aliphatic rings. The van der Waals surface area contributed by atoms with Crippen molar-refractivity contribution in [1.29, 1.82) is 0 Å². The molecule has 0 aliphatic heterocycles. The summed E-state index contributed by atoms with van der Waals surface area (Å²) in [5, 5.41) is 2.78. The summed E-state index contributed by atoms with van der Waals surface area (Å²) < 4.78 is 33.1. The van der Waals surface area contributed by atoms with Gasteiger partial charge in [0.25, 0.3) is 0 Å². The maximum atomic E-state index is 12.3. The Morgan fingerprint density at radius 1 is 1.21 bits per heavy atom. The number of nitrogens with one attached hydrogen (secondary N) is 2. The molecule has 0 spiro atoms. The van der Waals surface area contributed by atoms with Crippen LogP contribution >= 0.6 is 27.7 Å². The molecule has 0 bridgehead atoms. The fourth-order valence-corrected chi connectivity index (χ4v) is 4.96. The Balaban J connectivity index is 1.93. The zero-order valence-corrected chi connectivity index (χ0v) is 19.1. The second-order valence-corrected chi connectivity index (χ2v) is 9.90. The fourth-order valence-electron chi connectivity index (χ4n) is 2.45. The molecule has 2 rings (SSSR count). The molecule has 152 valence electrons. The second kappa shape index (κ2) is 10.4. The quantitative estimate of drug-likeness (QED) is 0.526. The van der Waals surface area contributed by atoms with Gasteiger partial charge in [-0.2, -0.15) is 0 Å². The van der Waals surface area contributed by atoms with Gasteiger partial charge in [0.2, 0.25) is 15.9 Å². The molecule has 0 aliphatic carbocycles. The van der Waals surface area contributed by atoms with Crippen LogP contribution in [0.1, 0.15) is 12.5 Å². The summed E-state index contributed by atoms with van der Waals surface area (Å²) in [5.74, 6) is 0.105. The number of sulfonamides is 1. The van der Waals surface area contributed by atoms with Gasteiger partial charge in [-0.1, -0.05) is 15.9 Å². The average molecular weight is 487 g/mol. The van der Waals surface area contributed by atoms with E-state index in [0.717, 1.165) is 14.9 Å². The Kier molecular flexibility index (Phi) is 8.51. The maximum Gasteiger partial charge on any atom is 0.240 e. The average Bonchev–Trinajstić information content (AvgIpc) is 2.61. The molecule has 6 nitrogen and oxygen atoms in total. The summed E-state index contributed by atoms with van der Waals surface area (Å²) in [6.45, 7) is 4.00. The summed E-state index contributed by atoms with van der Waals surface area (Å²) >= 11 is 4.87. The number of amides is 1. The lowest BCUT2D eigenvalue weighted by molar-refractivity contribution is -0.113. The first-order valence-electron chi connectivity index (χ1n) is 8.51. The number of thioether (sulfide) groups is 1. The first kappa shape index (κ1) is 22.9. The Hall–Kier alpha value is -1.39. The third-order valence-corrected chi connectivity index (χ3v) is 6.99. The zero-order valence-electron chi connectivity index (χ0n) is 15.9. The van der Waals surface area contributed by atoms with Crippen molar-refractivity contribution in [3.05, 3.63) is 52.5 Å². The highest BCUT2D eigenvalue weighted by Crippen LogP contribution is 2.25. The van der Waals surface area contributed by atoms with Gasteiger partial charge in [0.15, 0.2) is 0 Å². The van der Waals surface area contributed by atoms with Crippen molar-refractivity contribution in [2.45, 2.75) is 29.7 Å².